The van der Waals surface area contributed by atoms with E-state index in [1.54, 1.807) is 12.1 Å². The Labute approximate surface area is 155 Å². The fourth-order valence-corrected chi connectivity index (χ4v) is 2.61. The Hall–Kier alpha value is -2.79. The smallest absolute Gasteiger partial charge is 0.291 e. The summed E-state index contributed by atoms with van der Waals surface area (Å²) < 4.78 is 24.1. The molecule has 4 nitrogen and oxygen atoms in total. The van der Waals surface area contributed by atoms with Gasteiger partial charge in [-0.15, -0.1) is 0 Å². The molecule has 0 spiro atoms. The molecule has 0 saturated heterocycles. The standard InChI is InChI=1S/C20H17ClFNO3/c1-12-4-3-5-17(13(12)2)23-20(24)19-9-7-15(26-19)11-25-18-8-6-14(22)10-16(18)21/h3-10H,11H2,1-2H3,(H,23,24). The molecule has 0 radical (unpaired) electrons. The molecule has 1 aromatic heterocycles. The van der Waals surface area contributed by atoms with Crippen molar-refractivity contribution in [2.24, 2.45) is 0 Å². The predicted octanol–water partition coefficient (Wildman–Crippen LogP) is 5.52. The van der Waals surface area contributed by atoms with Crippen LogP contribution >= 0.6 is 11.6 Å². The van der Waals surface area contributed by atoms with Crippen LogP contribution in [0.5, 0.6) is 5.75 Å². The highest BCUT2D eigenvalue weighted by Crippen LogP contribution is 2.26. The Morgan fingerprint density at radius 1 is 1.19 bits per heavy atom. The molecule has 1 N–H and O–H groups in total. The average Bonchev–Trinajstić information content (AvgIpc) is 3.07. The van der Waals surface area contributed by atoms with Gasteiger partial charge in [0.25, 0.3) is 5.91 Å². The van der Waals surface area contributed by atoms with E-state index in [-0.39, 0.29) is 23.3 Å². The number of rotatable bonds is 5. The summed E-state index contributed by atoms with van der Waals surface area (Å²) in [5.41, 5.74) is 2.83. The van der Waals surface area contributed by atoms with Crippen LogP contribution in [0.2, 0.25) is 5.02 Å². The fraction of sp³-hybridized carbons (Fsp3) is 0.150. The summed E-state index contributed by atoms with van der Waals surface area (Å²) in [5, 5.41) is 3.00. The summed E-state index contributed by atoms with van der Waals surface area (Å²) in [7, 11) is 0. The minimum Gasteiger partial charge on any atom is -0.484 e. The van der Waals surface area contributed by atoms with E-state index in [1.165, 1.54) is 18.2 Å². The van der Waals surface area contributed by atoms with E-state index in [1.807, 2.05) is 32.0 Å². The molecule has 2 aromatic carbocycles. The summed E-state index contributed by atoms with van der Waals surface area (Å²) in [5.74, 6) is 0.188. The lowest BCUT2D eigenvalue weighted by molar-refractivity contribution is 0.0992. The van der Waals surface area contributed by atoms with Crippen LogP contribution in [0, 0.1) is 19.7 Å². The lowest BCUT2D eigenvalue weighted by Crippen LogP contribution is -2.12. The Kier molecular flexibility index (Phi) is 5.28. The van der Waals surface area contributed by atoms with Crippen LogP contribution in [-0.4, -0.2) is 5.91 Å². The normalized spacial score (nSPS) is 10.6. The topological polar surface area (TPSA) is 51.5 Å². The first kappa shape index (κ1) is 18.0. The predicted molar refractivity (Wildman–Crippen MR) is 98.3 cm³/mol. The maximum atomic E-state index is 13.0. The molecule has 0 atom stereocenters. The lowest BCUT2D eigenvalue weighted by Gasteiger charge is -2.09. The SMILES string of the molecule is Cc1cccc(NC(=O)c2ccc(COc3ccc(F)cc3Cl)o2)c1C. The number of nitrogens with one attached hydrogen (secondary N) is 1. The van der Waals surface area contributed by atoms with Crippen molar-refractivity contribution in [3.8, 4) is 5.75 Å². The summed E-state index contributed by atoms with van der Waals surface area (Å²) >= 11 is 5.91. The van der Waals surface area contributed by atoms with Crippen molar-refractivity contribution < 1.29 is 18.3 Å². The van der Waals surface area contributed by atoms with Crippen LogP contribution in [-0.2, 0) is 6.61 Å². The zero-order valence-electron chi connectivity index (χ0n) is 14.3. The number of benzene rings is 2. The largest absolute Gasteiger partial charge is 0.484 e. The zero-order valence-corrected chi connectivity index (χ0v) is 15.1. The fourth-order valence-electron chi connectivity index (χ4n) is 2.39. The second-order valence-corrected chi connectivity index (χ2v) is 6.24. The second kappa shape index (κ2) is 7.62. The van der Waals surface area contributed by atoms with Crippen LogP contribution in [0.25, 0.3) is 0 Å². The lowest BCUT2D eigenvalue weighted by atomic mass is 10.1. The number of furan rings is 1. The number of hydrogen-bond donors (Lipinski definition) is 1. The highest BCUT2D eigenvalue weighted by Gasteiger charge is 2.14. The molecule has 0 unspecified atom stereocenters. The van der Waals surface area contributed by atoms with Gasteiger partial charge in [0.15, 0.2) is 5.76 Å². The molecule has 0 saturated carbocycles. The van der Waals surface area contributed by atoms with Crippen molar-refractivity contribution in [2.45, 2.75) is 20.5 Å². The number of carbonyl (C=O) groups excluding carboxylic acids is 1. The number of anilines is 1. The quantitative estimate of drug-likeness (QED) is 0.640. The molecule has 0 aliphatic rings. The molecule has 0 aliphatic carbocycles. The molecule has 0 bridgehead atoms. The number of carbonyl (C=O) groups is 1. The average molecular weight is 374 g/mol. The van der Waals surface area contributed by atoms with Gasteiger partial charge in [-0.05, 0) is 61.4 Å². The Bertz CT molecular complexity index is 952. The summed E-state index contributed by atoms with van der Waals surface area (Å²) in [4.78, 5) is 12.3. The van der Waals surface area contributed by atoms with Crippen molar-refractivity contribution in [1.29, 1.82) is 0 Å². The van der Waals surface area contributed by atoms with E-state index in [4.69, 9.17) is 20.8 Å². The van der Waals surface area contributed by atoms with Crippen LogP contribution < -0.4 is 10.1 Å². The Balaban J connectivity index is 1.65. The molecule has 0 aliphatic heterocycles. The van der Waals surface area contributed by atoms with Gasteiger partial charge in [-0.25, -0.2) is 4.39 Å². The monoisotopic (exact) mass is 373 g/mol. The van der Waals surface area contributed by atoms with Crippen molar-refractivity contribution in [3.05, 3.63) is 82.0 Å². The van der Waals surface area contributed by atoms with Gasteiger partial charge < -0.3 is 14.5 Å². The summed E-state index contributed by atoms with van der Waals surface area (Å²) in [6.07, 6.45) is 0. The third-order valence-corrected chi connectivity index (χ3v) is 4.30. The first-order valence-corrected chi connectivity index (χ1v) is 8.36. The van der Waals surface area contributed by atoms with Gasteiger partial charge in [0, 0.05) is 5.69 Å². The minimum atomic E-state index is -0.439. The third-order valence-electron chi connectivity index (χ3n) is 4.00. The van der Waals surface area contributed by atoms with Crippen LogP contribution in [0.15, 0.2) is 52.9 Å². The molecule has 3 aromatic rings. The van der Waals surface area contributed by atoms with Gasteiger partial charge in [-0.2, -0.15) is 0 Å². The Morgan fingerprint density at radius 2 is 2.00 bits per heavy atom. The minimum absolute atomic E-state index is 0.0715. The molecule has 134 valence electrons. The summed E-state index contributed by atoms with van der Waals surface area (Å²) in [6.45, 7) is 3.99. The van der Waals surface area contributed by atoms with E-state index < -0.39 is 5.82 Å². The number of ether oxygens (including phenoxy) is 1. The number of halogens is 2. The number of amides is 1. The van der Waals surface area contributed by atoms with E-state index >= 15 is 0 Å². The van der Waals surface area contributed by atoms with Gasteiger partial charge in [0.2, 0.25) is 0 Å². The molecular formula is C20H17ClFNO3. The van der Waals surface area contributed by atoms with Gasteiger partial charge >= 0.3 is 0 Å². The van der Waals surface area contributed by atoms with Gasteiger partial charge in [0.05, 0.1) is 5.02 Å². The molecule has 6 heteroatoms. The van der Waals surface area contributed by atoms with Crippen molar-refractivity contribution in [3.63, 3.8) is 0 Å². The van der Waals surface area contributed by atoms with E-state index in [9.17, 15) is 9.18 Å². The van der Waals surface area contributed by atoms with Crippen LogP contribution in [0.1, 0.15) is 27.4 Å². The molecule has 26 heavy (non-hydrogen) atoms. The van der Waals surface area contributed by atoms with Gasteiger partial charge in [-0.3, -0.25) is 4.79 Å². The molecule has 1 amide bonds. The van der Waals surface area contributed by atoms with Gasteiger partial charge in [-0.1, -0.05) is 23.7 Å². The van der Waals surface area contributed by atoms with Crippen LogP contribution in [0.4, 0.5) is 10.1 Å². The molecule has 3 rings (SSSR count). The first-order valence-electron chi connectivity index (χ1n) is 7.98. The third kappa shape index (κ3) is 4.06. The van der Waals surface area contributed by atoms with E-state index in [0.717, 1.165) is 16.8 Å². The van der Waals surface area contributed by atoms with Crippen molar-refractivity contribution in [2.75, 3.05) is 5.32 Å². The second-order valence-electron chi connectivity index (χ2n) is 5.83. The summed E-state index contributed by atoms with van der Waals surface area (Å²) in [6, 6.07) is 12.8. The highest BCUT2D eigenvalue weighted by molar-refractivity contribution is 6.32. The maximum Gasteiger partial charge on any atom is 0.291 e. The van der Waals surface area contributed by atoms with Gasteiger partial charge in [0.1, 0.15) is 23.9 Å². The molecule has 1 heterocycles. The molecular weight excluding hydrogens is 357 g/mol. The van der Waals surface area contributed by atoms with E-state index in [2.05, 4.69) is 5.32 Å². The van der Waals surface area contributed by atoms with Crippen molar-refractivity contribution in [1.82, 2.24) is 0 Å². The first-order chi connectivity index (χ1) is 12.4. The Morgan fingerprint density at radius 3 is 2.77 bits per heavy atom. The number of aryl methyl sites for hydroxylation is 1. The van der Waals surface area contributed by atoms with Crippen LogP contribution in [0.3, 0.4) is 0 Å². The number of hydrogen-bond acceptors (Lipinski definition) is 3. The zero-order chi connectivity index (χ0) is 18.7. The maximum absolute atomic E-state index is 13.0. The van der Waals surface area contributed by atoms with E-state index in [0.29, 0.717) is 11.5 Å². The van der Waals surface area contributed by atoms with Crippen molar-refractivity contribution >= 4 is 23.2 Å². The highest BCUT2D eigenvalue weighted by atomic mass is 35.5. The molecule has 0 fully saturated rings.